The molecule has 0 fully saturated rings. The number of thioether (sulfide) groups is 1. The van der Waals surface area contributed by atoms with Crippen LogP contribution in [0.5, 0.6) is 0 Å². The molecule has 0 unspecified atom stereocenters. The van der Waals surface area contributed by atoms with Gasteiger partial charge >= 0.3 is 11.5 Å². The lowest BCUT2D eigenvalue weighted by molar-refractivity contribution is 0.0601. The van der Waals surface area contributed by atoms with Crippen molar-refractivity contribution < 1.29 is 9.53 Å². The summed E-state index contributed by atoms with van der Waals surface area (Å²) in [5.41, 5.74) is 2.99. The number of rotatable bonds is 7. The fourth-order valence-electron chi connectivity index (χ4n) is 2.97. The number of nitrogens with zero attached hydrogens (tertiary/aromatic N) is 4. The second kappa shape index (κ2) is 9.52. The predicted molar refractivity (Wildman–Crippen MR) is 123 cm³/mol. The fraction of sp³-hybridized carbons (Fsp3) is 0.130. The molecule has 0 aliphatic carbocycles. The summed E-state index contributed by atoms with van der Waals surface area (Å²) >= 11 is 1.43. The average Bonchev–Trinajstić information content (AvgIpc) is 3.34. The van der Waals surface area contributed by atoms with E-state index in [1.807, 2.05) is 19.1 Å². The summed E-state index contributed by atoms with van der Waals surface area (Å²) in [6.07, 6.45) is 3.54. The first kappa shape index (κ1) is 21.4. The number of esters is 1. The lowest BCUT2D eigenvalue weighted by atomic mass is 10.2. The Morgan fingerprint density at radius 2 is 1.72 bits per heavy atom. The number of carbonyl (C=O) groups excluding carboxylic acids is 1. The number of carbonyl (C=O) groups is 1. The van der Waals surface area contributed by atoms with Crippen LogP contribution in [0.25, 0.3) is 0 Å². The molecule has 2 aromatic heterocycles. The van der Waals surface area contributed by atoms with Crippen LogP contribution in [0.3, 0.4) is 0 Å². The summed E-state index contributed by atoms with van der Waals surface area (Å²) in [5.74, 6) is 0.294. The van der Waals surface area contributed by atoms with Crippen LogP contribution < -0.4 is 10.9 Å². The summed E-state index contributed by atoms with van der Waals surface area (Å²) in [6.45, 7) is 2.04. The molecule has 4 aromatic rings. The topological polar surface area (TPSA) is 91.0 Å². The standard InChI is InChI=1S/C23H21N5O3S/c1-16-5-7-17(8-6-16)15-32-23-26-25-20(21(29)28(23)27-13-3-4-14-27)24-19-11-9-18(10-12-19)22(30)31-2/h3-14H,15H2,1-2H3,(H,24,25). The first-order chi connectivity index (χ1) is 15.5. The van der Waals surface area contributed by atoms with Gasteiger partial charge < -0.3 is 10.1 Å². The van der Waals surface area contributed by atoms with Gasteiger partial charge in [0, 0.05) is 23.8 Å². The molecular weight excluding hydrogens is 426 g/mol. The molecule has 0 saturated heterocycles. The van der Waals surface area contributed by atoms with E-state index in [4.69, 9.17) is 4.74 Å². The van der Waals surface area contributed by atoms with E-state index in [2.05, 4.69) is 39.8 Å². The van der Waals surface area contributed by atoms with Gasteiger partial charge in [-0.25, -0.2) is 4.79 Å². The van der Waals surface area contributed by atoms with E-state index in [0.717, 1.165) is 5.56 Å². The highest BCUT2D eigenvalue weighted by Crippen LogP contribution is 2.21. The third-order valence-electron chi connectivity index (χ3n) is 4.69. The summed E-state index contributed by atoms with van der Waals surface area (Å²) in [5, 5.41) is 11.9. The van der Waals surface area contributed by atoms with Gasteiger partial charge in [-0.05, 0) is 48.9 Å². The first-order valence-corrected chi connectivity index (χ1v) is 10.8. The van der Waals surface area contributed by atoms with Crippen LogP contribution in [0.15, 0.2) is 83.0 Å². The van der Waals surface area contributed by atoms with Gasteiger partial charge in [0.25, 0.3) is 0 Å². The van der Waals surface area contributed by atoms with Crippen molar-refractivity contribution in [2.75, 3.05) is 12.4 Å². The van der Waals surface area contributed by atoms with Crippen molar-refractivity contribution in [2.45, 2.75) is 17.8 Å². The zero-order chi connectivity index (χ0) is 22.5. The molecule has 162 valence electrons. The van der Waals surface area contributed by atoms with Crippen LogP contribution in [0.4, 0.5) is 11.5 Å². The van der Waals surface area contributed by atoms with Crippen LogP contribution in [-0.4, -0.2) is 32.6 Å². The third-order valence-corrected chi connectivity index (χ3v) is 5.68. The molecule has 1 N–H and O–H groups in total. The zero-order valence-corrected chi connectivity index (χ0v) is 18.4. The molecule has 0 atom stereocenters. The van der Waals surface area contributed by atoms with Crippen molar-refractivity contribution in [3.8, 4) is 0 Å². The van der Waals surface area contributed by atoms with Gasteiger partial charge in [0.15, 0.2) is 0 Å². The maximum atomic E-state index is 13.3. The molecule has 0 aliphatic heterocycles. The number of aryl methyl sites for hydroxylation is 1. The molecule has 0 amide bonds. The molecule has 4 rings (SSSR count). The number of nitrogens with one attached hydrogen (secondary N) is 1. The van der Waals surface area contributed by atoms with Gasteiger partial charge in [0.2, 0.25) is 11.0 Å². The van der Waals surface area contributed by atoms with Gasteiger partial charge in [0.1, 0.15) is 0 Å². The molecule has 32 heavy (non-hydrogen) atoms. The Morgan fingerprint density at radius 3 is 2.38 bits per heavy atom. The molecular formula is C23H21N5O3S. The minimum Gasteiger partial charge on any atom is -0.465 e. The maximum Gasteiger partial charge on any atom is 0.337 e. The van der Waals surface area contributed by atoms with Crippen molar-refractivity contribution >= 4 is 29.2 Å². The summed E-state index contributed by atoms with van der Waals surface area (Å²) in [7, 11) is 1.33. The Morgan fingerprint density at radius 1 is 1.03 bits per heavy atom. The summed E-state index contributed by atoms with van der Waals surface area (Å²) in [6, 6.07) is 18.5. The second-order valence-corrected chi connectivity index (χ2v) is 7.92. The molecule has 2 heterocycles. The van der Waals surface area contributed by atoms with E-state index in [1.54, 1.807) is 41.3 Å². The number of hydrogen-bond donors (Lipinski definition) is 1. The lowest BCUT2D eigenvalue weighted by Gasteiger charge is -2.14. The number of hydrogen-bond acceptors (Lipinski definition) is 7. The SMILES string of the molecule is COC(=O)c1ccc(Nc2nnc(SCc3ccc(C)cc3)n(-n3cccc3)c2=O)cc1. The highest BCUT2D eigenvalue weighted by atomic mass is 32.2. The molecule has 0 aliphatic rings. The van der Waals surface area contributed by atoms with Crippen molar-refractivity contribution in [1.82, 2.24) is 19.5 Å². The molecule has 9 heteroatoms. The van der Waals surface area contributed by atoms with Crippen molar-refractivity contribution in [1.29, 1.82) is 0 Å². The highest BCUT2D eigenvalue weighted by molar-refractivity contribution is 7.98. The van der Waals surface area contributed by atoms with E-state index in [-0.39, 0.29) is 11.4 Å². The van der Waals surface area contributed by atoms with Crippen molar-refractivity contribution in [3.05, 3.63) is 100 Å². The first-order valence-electron chi connectivity index (χ1n) is 9.82. The van der Waals surface area contributed by atoms with E-state index >= 15 is 0 Å². The van der Waals surface area contributed by atoms with Gasteiger partial charge in [-0.3, -0.25) is 9.47 Å². The Labute approximate surface area is 188 Å². The van der Waals surface area contributed by atoms with Crippen LogP contribution in [0, 0.1) is 6.92 Å². The smallest absolute Gasteiger partial charge is 0.337 e. The van der Waals surface area contributed by atoms with E-state index in [1.165, 1.54) is 29.1 Å². The van der Waals surface area contributed by atoms with Crippen LogP contribution >= 0.6 is 11.8 Å². The van der Waals surface area contributed by atoms with Crippen molar-refractivity contribution in [3.63, 3.8) is 0 Å². The minimum absolute atomic E-state index is 0.0733. The fourth-order valence-corrected chi connectivity index (χ4v) is 3.86. The predicted octanol–water partition coefficient (Wildman–Crippen LogP) is 3.88. The Hall–Kier alpha value is -3.85. The highest BCUT2D eigenvalue weighted by Gasteiger charge is 2.15. The third kappa shape index (κ3) is 4.73. The molecule has 0 bridgehead atoms. The number of anilines is 2. The van der Waals surface area contributed by atoms with E-state index in [9.17, 15) is 9.59 Å². The lowest BCUT2D eigenvalue weighted by Crippen LogP contribution is -2.30. The quantitative estimate of drug-likeness (QED) is 0.340. The largest absolute Gasteiger partial charge is 0.465 e. The maximum absolute atomic E-state index is 13.3. The van der Waals surface area contributed by atoms with Crippen LogP contribution in [0.2, 0.25) is 0 Å². The summed E-state index contributed by atoms with van der Waals surface area (Å²) < 4.78 is 7.84. The van der Waals surface area contributed by atoms with E-state index in [0.29, 0.717) is 22.2 Å². The molecule has 0 saturated carbocycles. The Balaban J connectivity index is 1.62. The van der Waals surface area contributed by atoms with Gasteiger partial charge in [-0.1, -0.05) is 41.6 Å². The molecule has 0 radical (unpaired) electrons. The number of aromatic nitrogens is 4. The second-order valence-electron chi connectivity index (χ2n) is 6.98. The average molecular weight is 448 g/mol. The molecule has 8 nitrogen and oxygen atoms in total. The zero-order valence-electron chi connectivity index (χ0n) is 17.6. The molecule has 2 aromatic carbocycles. The van der Waals surface area contributed by atoms with Gasteiger partial charge in [-0.15, -0.1) is 10.2 Å². The minimum atomic E-state index is -0.429. The monoisotopic (exact) mass is 447 g/mol. The van der Waals surface area contributed by atoms with Gasteiger partial charge in [-0.2, -0.15) is 4.68 Å². The normalized spacial score (nSPS) is 10.7. The number of methoxy groups -OCH3 is 1. The van der Waals surface area contributed by atoms with Crippen LogP contribution in [-0.2, 0) is 10.5 Å². The van der Waals surface area contributed by atoms with E-state index < -0.39 is 5.97 Å². The Bertz CT molecular complexity index is 1270. The van der Waals surface area contributed by atoms with Crippen LogP contribution in [0.1, 0.15) is 21.5 Å². The number of ether oxygens (including phenoxy) is 1. The number of benzene rings is 2. The summed E-state index contributed by atoms with van der Waals surface area (Å²) in [4.78, 5) is 24.9. The van der Waals surface area contributed by atoms with Crippen molar-refractivity contribution in [2.24, 2.45) is 0 Å². The van der Waals surface area contributed by atoms with Gasteiger partial charge in [0.05, 0.1) is 12.7 Å². The molecule has 0 spiro atoms. The Kier molecular flexibility index (Phi) is 6.37.